The van der Waals surface area contributed by atoms with Gasteiger partial charge in [0.05, 0.1) is 12.5 Å². The highest BCUT2D eigenvalue weighted by Crippen LogP contribution is 2.06. The van der Waals surface area contributed by atoms with Gasteiger partial charge in [0.1, 0.15) is 18.1 Å². The smallest absolute Gasteiger partial charge is 0.326 e. The number of thioether (sulfide) groups is 1. The number of rotatable bonds is 19. The van der Waals surface area contributed by atoms with Crippen molar-refractivity contribution in [1.29, 1.82) is 0 Å². The fourth-order valence-corrected chi connectivity index (χ4v) is 3.35. The fourth-order valence-electron chi connectivity index (χ4n) is 2.88. The molecule has 35 heavy (non-hydrogen) atoms. The molecule has 10 N–H and O–H groups in total. The van der Waals surface area contributed by atoms with E-state index in [4.69, 9.17) is 21.7 Å². The zero-order chi connectivity index (χ0) is 27.0. The number of nitrogens with two attached hydrogens (primary N) is 2. The Kier molecular flexibility index (Phi) is 16.1. The van der Waals surface area contributed by atoms with Crippen LogP contribution in [0, 0.1) is 0 Å². The van der Waals surface area contributed by atoms with Gasteiger partial charge in [0.25, 0.3) is 0 Å². The van der Waals surface area contributed by atoms with Gasteiger partial charge in [0, 0.05) is 6.42 Å². The highest BCUT2D eigenvalue weighted by molar-refractivity contribution is 7.98. The van der Waals surface area contributed by atoms with Gasteiger partial charge < -0.3 is 42.7 Å². The van der Waals surface area contributed by atoms with Gasteiger partial charge in [-0.1, -0.05) is 6.42 Å². The van der Waals surface area contributed by atoms with E-state index in [1.807, 2.05) is 0 Å². The van der Waals surface area contributed by atoms with Crippen LogP contribution in [-0.4, -0.2) is 93.7 Å². The summed E-state index contributed by atoms with van der Waals surface area (Å²) in [4.78, 5) is 71.4. The van der Waals surface area contributed by atoms with Gasteiger partial charge in [-0.2, -0.15) is 11.8 Å². The third-order valence-corrected chi connectivity index (χ3v) is 5.47. The molecule has 3 amide bonds. The second-order valence-corrected chi connectivity index (χ2v) is 8.71. The standard InChI is InChI=1S/C20H35N5O9S/c1-35-9-7-13(20(33)34)24-19(32)14(10-16(28)29)25-18(31)12(5-6-15(26)27)23-17(30)11(22)4-2-3-8-21/h11-14H,2-10,21-22H2,1H3,(H,23,30)(H,24,32)(H,25,31)(H,26,27)(H,28,29)(H,33,34). The average Bonchev–Trinajstić information content (AvgIpc) is 2.77. The zero-order valence-electron chi connectivity index (χ0n) is 19.5. The van der Waals surface area contributed by atoms with E-state index in [-0.39, 0.29) is 19.3 Å². The summed E-state index contributed by atoms with van der Waals surface area (Å²) in [5.74, 6) is -6.40. The number of carboxylic acids is 3. The lowest BCUT2D eigenvalue weighted by atomic mass is 10.1. The van der Waals surface area contributed by atoms with Crippen LogP contribution < -0.4 is 27.4 Å². The molecule has 0 aromatic carbocycles. The van der Waals surface area contributed by atoms with Gasteiger partial charge in [-0.05, 0) is 44.2 Å². The van der Waals surface area contributed by atoms with Crippen LogP contribution in [0.5, 0.6) is 0 Å². The molecule has 4 atom stereocenters. The summed E-state index contributed by atoms with van der Waals surface area (Å²) >= 11 is 1.35. The Labute approximate surface area is 206 Å². The molecule has 0 saturated carbocycles. The van der Waals surface area contributed by atoms with Crippen LogP contribution in [0.2, 0.25) is 0 Å². The Balaban J connectivity index is 5.48. The minimum absolute atomic E-state index is 0.0648. The van der Waals surface area contributed by atoms with Crippen LogP contribution in [-0.2, 0) is 28.8 Å². The number of carbonyl (C=O) groups is 6. The lowest BCUT2D eigenvalue weighted by Gasteiger charge is -2.24. The maximum absolute atomic E-state index is 12.8. The Morgan fingerprint density at radius 1 is 0.771 bits per heavy atom. The van der Waals surface area contributed by atoms with Crippen molar-refractivity contribution in [3.05, 3.63) is 0 Å². The Hall–Kier alpha value is -2.91. The quantitative estimate of drug-likeness (QED) is 0.0865. The van der Waals surface area contributed by atoms with Crippen LogP contribution in [0.3, 0.4) is 0 Å². The van der Waals surface area contributed by atoms with Gasteiger partial charge in [-0.3, -0.25) is 24.0 Å². The summed E-state index contributed by atoms with van der Waals surface area (Å²) in [6, 6.07) is -5.39. The molecular weight excluding hydrogens is 486 g/mol. The molecule has 0 aliphatic heterocycles. The largest absolute Gasteiger partial charge is 0.481 e. The highest BCUT2D eigenvalue weighted by Gasteiger charge is 2.31. The Bertz CT molecular complexity index is 752. The Morgan fingerprint density at radius 3 is 1.86 bits per heavy atom. The molecule has 0 heterocycles. The van der Waals surface area contributed by atoms with Crippen molar-refractivity contribution in [2.75, 3.05) is 18.6 Å². The molecule has 0 radical (unpaired) electrons. The van der Waals surface area contributed by atoms with E-state index in [0.717, 1.165) is 0 Å². The molecule has 0 saturated heterocycles. The molecule has 0 bridgehead atoms. The summed E-state index contributed by atoms with van der Waals surface area (Å²) in [7, 11) is 0. The van der Waals surface area contributed by atoms with Crippen molar-refractivity contribution >= 4 is 47.4 Å². The number of unbranched alkanes of at least 4 members (excludes halogenated alkanes) is 1. The maximum atomic E-state index is 12.8. The van der Waals surface area contributed by atoms with Crippen LogP contribution in [0.4, 0.5) is 0 Å². The van der Waals surface area contributed by atoms with Gasteiger partial charge in [-0.25, -0.2) is 4.79 Å². The number of hydrogen-bond donors (Lipinski definition) is 8. The summed E-state index contributed by atoms with van der Waals surface area (Å²) < 4.78 is 0. The van der Waals surface area contributed by atoms with Crippen molar-refractivity contribution in [3.8, 4) is 0 Å². The van der Waals surface area contributed by atoms with E-state index in [2.05, 4.69) is 16.0 Å². The first-order valence-corrected chi connectivity index (χ1v) is 12.3. The SMILES string of the molecule is CSCCC(NC(=O)C(CC(=O)O)NC(=O)C(CCC(=O)O)NC(=O)C(N)CCCCN)C(=O)O. The molecule has 0 aliphatic carbocycles. The topological polar surface area (TPSA) is 251 Å². The summed E-state index contributed by atoms with van der Waals surface area (Å²) in [5, 5.41) is 34.1. The first kappa shape index (κ1) is 32.1. The van der Waals surface area contributed by atoms with Crippen molar-refractivity contribution in [2.24, 2.45) is 11.5 Å². The number of hydrogen-bond acceptors (Lipinski definition) is 9. The second-order valence-electron chi connectivity index (χ2n) is 7.72. The number of nitrogens with one attached hydrogen (secondary N) is 3. The van der Waals surface area contributed by atoms with Crippen LogP contribution >= 0.6 is 11.8 Å². The minimum Gasteiger partial charge on any atom is -0.481 e. The van der Waals surface area contributed by atoms with E-state index < -0.39 is 72.6 Å². The Morgan fingerprint density at radius 2 is 1.34 bits per heavy atom. The monoisotopic (exact) mass is 521 g/mol. The molecule has 0 spiro atoms. The summed E-state index contributed by atoms with van der Waals surface area (Å²) in [6.45, 7) is 0.408. The van der Waals surface area contributed by atoms with Gasteiger partial charge in [0.15, 0.2) is 0 Å². The first-order valence-electron chi connectivity index (χ1n) is 10.9. The highest BCUT2D eigenvalue weighted by atomic mass is 32.2. The number of carboxylic acid groups (broad SMARTS) is 3. The average molecular weight is 522 g/mol. The molecule has 14 nitrogen and oxygen atoms in total. The molecule has 0 aromatic rings. The molecule has 200 valence electrons. The lowest BCUT2D eigenvalue weighted by molar-refractivity contribution is -0.143. The van der Waals surface area contributed by atoms with E-state index in [1.165, 1.54) is 11.8 Å². The van der Waals surface area contributed by atoms with E-state index in [9.17, 15) is 33.9 Å². The molecule has 0 fully saturated rings. The molecule has 4 unspecified atom stereocenters. The molecular formula is C20H35N5O9S. The third kappa shape index (κ3) is 14.2. The van der Waals surface area contributed by atoms with Gasteiger partial charge >= 0.3 is 17.9 Å². The first-order chi connectivity index (χ1) is 16.4. The number of carbonyl (C=O) groups excluding carboxylic acids is 3. The van der Waals surface area contributed by atoms with E-state index in [1.54, 1.807) is 6.26 Å². The predicted octanol–water partition coefficient (Wildman–Crippen LogP) is -1.93. The minimum atomic E-state index is -1.67. The summed E-state index contributed by atoms with van der Waals surface area (Å²) in [6.07, 6.45) is 1.53. The fraction of sp³-hybridized carbons (Fsp3) is 0.700. The van der Waals surface area contributed by atoms with Crippen molar-refractivity contribution < 1.29 is 44.1 Å². The van der Waals surface area contributed by atoms with E-state index >= 15 is 0 Å². The molecule has 0 aliphatic rings. The van der Waals surface area contributed by atoms with Crippen LogP contribution in [0.1, 0.15) is 44.9 Å². The maximum Gasteiger partial charge on any atom is 0.326 e. The molecule has 0 aromatic heterocycles. The van der Waals surface area contributed by atoms with Crippen LogP contribution in [0.15, 0.2) is 0 Å². The number of aliphatic carboxylic acids is 3. The third-order valence-electron chi connectivity index (χ3n) is 4.82. The predicted molar refractivity (Wildman–Crippen MR) is 126 cm³/mol. The molecule has 15 heteroatoms. The van der Waals surface area contributed by atoms with Gasteiger partial charge in [0.2, 0.25) is 17.7 Å². The van der Waals surface area contributed by atoms with Gasteiger partial charge in [-0.15, -0.1) is 0 Å². The van der Waals surface area contributed by atoms with Crippen molar-refractivity contribution in [2.45, 2.75) is 69.1 Å². The second kappa shape index (κ2) is 17.5. The zero-order valence-corrected chi connectivity index (χ0v) is 20.3. The van der Waals surface area contributed by atoms with Crippen LogP contribution in [0.25, 0.3) is 0 Å². The van der Waals surface area contributed by atoms with Crippen molar-refractivity contribution in [3.63, 3.8) is 0 Å². The lowest BCUT2D eigenvalue weighted by Crippen LogP contribution is -2.57. The van der Waals surface area contributed by atoms with E-state index in [0.29, 0.717) is 25.1 Å². The molecule has 0 rings (SSSR count). The van der Waals surface area contributed by atoms with Crippen molar-refractivity contribution in [1.82, 2.24) is 16.0 Å². The number of amides is 3. The normalized spacial score (nSPS) is 14.1. The summed E-state index contributed by atoms with van der Waals surface area (Å²) in [5.41, 5.74) is 11.2.